The van der Waals surface area contributed by atoms with Crippen molar-refractivity contribution < 1.29 is 18.8 Å². The van der Waals surface area contributed by atoms with Crippen LogP contribution >= 0.6 is 0 Å². The van der Waals surface area contributed by atoms with Gasteiger partial charge in [0.25, 0.3) is 5.91 Å². The van der Waals surface area contributed by atoms with Gasteiger partial charge in [-0.25, -0.2) is 0 Å². The molecule has 3 aromatic rings. The Bertz CT molecular complexity index is 1080. The van der Waals surface area contributed by atoms with Gasteiger partial charge in [-0.3, -0.25) is 4.79 Å². The molecule has 1 atom stereocenters. The fraction of sp³-hybridized carbons (Fsp3) is 0.348. The Morgan fingerprint density at radius 1 is 1.10 bits per heavy atom. The molecule has 0 saturated carbocycles. The monoisotopic (exact) mass is 420 g/mol. The van der Waals surface area contributed by atoms with Gasteiger partial charge in [-0.2, -0.15) is 4.98 Å². The van der Waals surface area contributed by atoms with Crippen LogP contribution in [0.4, 0.5) is 5.69 Å². The molecule has 0 bridgehead atoms. The Morgan fingerprint density at radius 3 is 2.71 bits per heavy atom. The van der Waals surface area contributed by atoms with Gasteiger partial charge in [0.2, 0.25) is 11.7 Å². The molecule has 1 saturated heterocycles. The Kier molecular flexibility index (Phi) is 5.30. The third-order valence-electron chi connectivity index (χ3n) is 5.64. The van der Waals surface area contributed by atoms with Gasteiger partial charge >= 0.3 is 0 Å². The maximum atomic E-state index is 13.1. The molecular weight excluding hydrogens is 396 g/mol. The smallest absolute Gasteiger partial charge is 0.265 e. The highest BCUT2D eigenvalue weighted by Gasteiger charge is 2.34. The summed E-state index contributed by atoms with van der Waals surface area (Å²) in [4.78, 5) is 21.5. The summed E-state index contributed by atoms with van der Waals surface area (Å²) in [7, 11) is 0. The number of para-hydroxylation sites is 2. The van der Waals surface area contributed by atoms with Gasteiger partial charge in [0, 0.05) is 18.7 Å². The number of carbonyl (C=O) groups excluding carboxylic acids is 1. The summed E-state index contributed by atoms with van der Waals surface area (Å²) in [5.41, 5.74) is 2.94. The van der Waals surface area contributed by atoms with E-state index < -0.39 is 6.10 Å². The number of aryl methyl sites for hydroxylation is 1. The Labute approximate surface area is 180 Å². The third kappa shape index (κ3) is 3.98. The molecule has 31 heavy (non-hydrogen) atoms. The second-order valence-electron chi connectivity index (χ2n) is 7.72. The number of aromatic nitrogens is 2. The molecule has 2 aromatic carbocycles. The quantitative estimate of drug-likeness (QED) is 0.642. The van der Waals surface area contributed by atoms with Crippen molar-refractivity contribution in [2.45, 2.75) is 19.6 Å². The fourth-order valence-electron chi connectivity index (χ4n) is 3.99. The van der Waals surface area contributed by atoms with Crippen LogP contribution in [0.15, 0.2) is 53.1 Å². The van der Waals surface area contributed by atoms with E-state index in [-0.39, 0.29) is 5.91 Å². The summed E-state index contributed by atoms with van der Waals surface area (Å²) in [6.45, 7) is 5.12. The minimum absolute atomic E-state index is 0.0195. The van der Waals surface area contributed by atoms with Crippen molar-refractivity contribution in [2.75, 3.05) is 37.7 Å². The molecule has 3 heterocycles. The largest absolute Gasteiger partial charge is 0.477 e. The Balaban J connectivity index is 1.38. The van der Waals surface area contributed by atoms with Crippen LogP contribution in [0.2, 0.25) is 0 Å². The summed E-state index contributed by atoms with van der Waals surface area (Å²) >= 11 is 0. The first-order valence-corrected chi connectivity index (χ1v) is 10.4. The zero-order valence-electron chi connectivity index (χ0n) is 17.4. The van der Waals surface area contributed by atoms with Crippen LogP contribution in [0.5, 0.6) is 5.75 Å². The van der Waals surface area contributed by atoms with E-state index in [9.17, 15) is 4.79 Å². The Morgan fingerprint density at radius 2 is 1.87 bits per heavy atom. The van der Waals surface area contributed by atoms with Crippen LogP contribution in [0.25, 0.3) is 11.4 Å². The van der Waals surface area contributed by atoms with Crippen molar-refractivity contribution in [3.8, 4) is 17.1 Å². The molecule has 1 aromatic heterocycles. The van der Waals surface area contributed by atoms with E-state index in [4.69, 9.17) is 14.0 Å². The number of fused-ring (bicyclic) bond motifs is 1. The van der Waals surface area contributed by atoms with Gasteiger partial charge in [-0.15, -0.1) is 0 Å². The number of carbonyl (C=O) groups is 1. The van der Waals surface area contributed by atoms with Gasteiger partial charge in [0.1, 0.15) is 5.75 Å². The van der Waals surface area contributed by atoms with E-state index in [2.05, 4.69) is 15.0 Å². The molecule has 1 amide bonds. The minimum atomic E-state index is -0.591. The molecule has 0 N–H and O–H groups in total. The number of anilines is 1. The average molecular weight is 420 g/mol. The third-order valence-corrected chi connectivity index (χ3v) is 5.64. The van der Waals surface area contributed by atoms with E-state index in [1.165, 1.54) is 0 Å². The summed E-state index contributed by atoms with van der Waals surface area (Å²) < 4.78 is 17.0. The van der Waals surface area contributed by atoms with E-state index >= 15 is 0 Å². The first kappa shape index (κ1) is 19.6. The lowest BCUT2D eigenvalue weighted by atomic mass is 10.1. The van der Waals surface area contributed by atoms with Crippen LogP contribution in [-0.4, -0.2) is 59.9 Å². The van der Waals surface area contributed by atoms with Crippen molar-refractivity contribution in [3.63, 3.8) is 0 Å². The predicted octanol–water partition coefficient (Wildman–Crippen LogP) is 2.67. The zero-order valence-corrected chi connectivity index (χ0v) is 17.4. The lowest BCUT2D eigenvalue weighted by Crippen LogP contribution is -2.52. The number of benzene rings is 2. The van der Waals surface area contributed by atoms with Gasteiger partial charge < -0.3 is 23.8 Å². The minimum Gasteiger partial charge on any atom is -0.477 e. The summed E-state index contributed by atoms with van der Waals surface area (Å²) in [6.07, 6.45) is -0.591. The second-order valence-corrected chi connectivity index (χ2v) is 7.72. The molecule has 8 nitrogen and oxygen atoms in total. The first-order valence-electron chi connectivity index (χ1n) is 10.4. The van der Waals surface area contributed by atoms with Gasteiger partial charge in [0.15, 0.2) is 6.10 Å². The molecule has 0 aliphatic carbocycles. The highest BCUT2D eigenvalue weighted by atomic mass is 16.5. The van der Waals surface area contributed by atoms with Crippen LogP contribution in [-0.2, 0) is 16.1 Å². The highest BCUT2D eigenvalue weighted by molar-refractivity contribution is 5.83. The Hall–Kier alpha value is -3.39. The molecule has 0 spiro atoms. The van der Waals surface area contributed by atoms with Crippen molar-refractivity contribution in [3.05, 3.63) is 60.0 Å². The van der Waals surface area contributed by atoms with E-state index in [1.54, 1.807) is 0 Å². The maximum absolute atomic E-state index is 13.1. The lowest BCUT2D eigenvalue weighted by molar-refractivity contribution is -0.142. The van der Waals surface area contributed by atoms with Crippen LogP contribution in [0.3, 0.4) is 0 Å². The number of rotatable bonds is 4. The number of hydrogen-bond acceptors (Lipinski definition) is 7. The van der Waals surface area contributed by atoms with E-state index in [0.717, 1.165) is 16.8 Å². The van der Waals surface area contributed by atoms with Crippen LogP contribution < -0.4 is 9.64 Å². The molecule has 2 aliphatic heterocycles. The molecule has 5 rings (SSSR count). The fourth-order valence-corrected chi connectivity index (χ4v) is 3.99. The predicted molar refractivity (Wildman–Crippen MR) is 114 cm³/mol. The number of hydrogen-bond donors (Lipinski definition) is 0. The zero-order chi connectivity index (χ0) is 21.2. The van der Waals surface area contributed by atoms with Gasteiger partial charge in [-0.05, 0) is 24.6 Å². The van der Waals surface area contributed by atoms with Gasteiger partial charge in [-0.1, -0.05) is 41.6 Å². The standard InChI is InChI=1S/C23H24N4O4/c1-16-6-2-3-7-17(16)22-24-21(31-25-22)15-27-14-20(23(28)26-10-12-29-13-11-26)30-19-9-5-4-8-18(19)27/h2-9,20H,10-15H2,1H3. The van der Waals surface area contributed by atoms with Crippen molar-refractivity contribution in [1.82, 2.24) is 15.0 Å². The number of morpholine rings is 1. The van der Waals surface area contributed by atoms with Crippen molar-refractivity contribution >= 4 is 11.6 Å². The van der Waals surface area contributed by atoms with E-state index in [1.807, 2.05) is 60.4 Å². The van der Waals surface area contributed by atoms with Crippen molar-refractivity contribution in [2.24, 2.45) is 0 Å². The van der Waals surface area contributed by atoms with Gasteiger partial charge in [0.05, 0.1) is 32.0 Å². The summed E-state index contributed by atoms with van der Waals surface area (Å²) in [5.74, 6) is 1.72. The first-order chi connectivity index (χ1) is 15.2. The molecule has 160 valence electrons. The molecule has 1 fully saturated rings. The second kappa shape index (κ2) is 8.39. The molecular formula is C23H24N4O4. The molecule has 0 radical (unpaired) electrons. The normalized spacial score (nSPS) is 18.4. The van der Waals surface area contributed by atoms with Crippen LogP contribution in [0, 0.1) is 6.92 Å². The lowest BCUT2D eigenvalue weighted by Gasteiger charge is -2.37. The number of nitrogens with zero attached hydrogens (tertiary/aromatic N) is 4. The highest BCUT2D eigenvalue weighted by Crippen LogP contribution is 2.34. The van der Waals surface area contributed by atoms with Crippen molar-refractivity contribution in [1.29, 1.82) is 0 Å². The molecule has 1 unspecified atom stereocenters. The SMILES string of the molecule is Cc1ccccc1-c1noc(CN2CC(C(=O)N3CCOCC3)Oc3ccccc32)n1. The summed E-state index contributed by atoms with van der Waals surface area (Å²) in [6, 6.07) is 15.6. The number of amides is 1. The molecule has 8 heteroatoms. The molecule has 2 aliphatic rings. The topological polar surface area (TPSA) is 80.9 Å². The van der Waals surface area contributed by atoms with Crippen LogP contribution in [0.1, 0.15) is 11.5 Å². The number of ether oxygens (including phenoxy) is 2. The average Bonchev–Trinajstić information content (AvgIpc) is 3.27. The summed E-state index contributed by atoms with van der Waals surface area (Å²) in [5, 5.41) is 4.16. The van der Waals surface area contributed by atoms with E-state index in [0.29, 0.717) is 56.9 Å². The maximum Gasteiger partial charge on any atom is 0.265 e.